The van der Waals surface area contributed by atoms with Crippen molar-refractivity contribution in [3.05, 3.63) is 71.8 Å². The lowest BCUT2D eigenvalue weighted by Crippen LogP contribution is -2.59. The predicted octanol–water partition coefficient (Wildman–Crippen LogP) is 1.23. The molecule has 1 saturated heterocycles. The molecule has 3 rings (SSSR count). The van der Waals surface area contributed by atoms with Crippen LogP contribution in [0.4, 0.5) is 0 Å². The van der Waals surface area contributed by atoms with Crippen molar-refractivity contribution in [2.45, 2.75) is 43.9 Å². The number of benzene rings is 2. The number of hydrogen-bond acceptors (Lipinski definition) is 6. The summed E-state index contributed by atoms with van der Waals surface area (Å²) in [5, 5.41) is 30.7. The fourth-order valence-corrected chi connectivity index (χ4v) is 2.87. The molecular weight excluding hydrogens is 336 g/mol. The zero-order valence-electron chi connectivity index (χ0n) is 14.3. The van der Waals surface area contributed by atoms with Crippen LogP contribution in [0.15, 0.2) is 60.7 Å². The number of ether oxygens (including phenoxy) is 3. The zero-order chi connectivity index (χ0) is 18.4. The van der Waals surface area contributed by atoms with Crippen molar-refractivity contribution < 1.29 is 29.5 Å². The van der Waals surface area contributed by atoms with Crippen LogP contribution in [0.1, 0.15) is 11.1 Å². The van der Waals surface area contributed by atoms with E-state index in [1.54, 1.807) is 0 Å². The van der Waals surface area contributed by atoms with Gasteiger partial charge in [-0.25, -0.2) is 0 Å². The van der Waals surface area contributed by atoms with Gasteiger partial charge < -0.3 is 29.5 Å². The van der Waals surface area contributed by atoms with Gasteiger partial charge in [0.25, 0.3) is 0 Å². The monoisotopic (exact) mass is 360 g/mol. The SMILES string of the molecule is OC1[C@@H](COCc2ccccc2)O[C@H](O)[C@@H](OCc2ccccc2)[C@H]1O. The smallest absolute Gasteiger partial charge is 0.184 e. The minimum atomic E-state index is -1.34. The van der Waals surface area contributed by atoms with Crippen molar-refractivity contribution in [1.29, 1.82) is 0 Å². The van der Waals surface area contributed by atoms with Gasteiger partial charge in [-0.15, -0.1) is 0 Å². The van der Waals surface area contributed by atoms with Gasteiger partial charge in [0.2, 0.25) is 0 Å². The highest BCUT2D eigenvalue weighted by molar-refractivity contribution is 5.14. The lowest BCUT2D eigenvalue weighted by Gasteiger charge is -2.40. The fraction of sp³-hybridized carbons (Fsp3) is 0.400. The minimum Gasteiger partial charge on any atom is -0.387 e. The molecular formula is C20H24O6. The third-order valence-corrected chi connectivity index (χ3v) is 4.34. The van der Waals surface area contributed by atoms with Crippen LogP contribution in [0.5, 0.6) is 0 Å². The maximum Gasteiger partial charge on any atom is 0.184 e. The lowest BCUT2D eigenvalue weighted by atomic mass is 9.99. The summed E-state index contributed by atoms with van der Waals surface area (Å²) in [4.78, 5) is 0. The molecule has 0 aromatic heterocycles. The molecule has 2 aromatic rings. The second-order valence-electron chi connectivity index (χ2n) is 6.31. The fourth-order valence-electron chi connectivity index (χ4n) is 2.87. The molecule has 6 nitrogen and oxygen atoms in total. The molecule has 3 N–H and O–H groups in total. The highest BCUT2D eigenvalue weighted by Gasteiger charge is 2.44. The van der Waals surface area contributed by atoms with Crippen molar-refractivity contribution in [3.63, 3.8) is 0 Å². The first kappa shape index (κ1) is 19.0. The Balaban J connectivity index is 1.49. The average Bonchev–Trinajstić information content (AvgIpc) is 2.67. The molecule has 0 aliphatic carbocycles. The van der Waals surface area contributed by atoms with Crippen molar-refractivity contribution >= 4 is 0 Å². The van der Waals surface area contributed by atoms with Crippen molar-refractivity contribution in [2.75, 3.05) is 6.61 Å². The molecule has 140 valence electrons. The van der Waals surface area contributed by atoms with E-state index in [1.165, 1.54) is 0 Å². The largest absolute Gasteiger partial charge is 0.387 e. The van der Waals surface area contributed by atoms with E-state index >= 15 is 0 Å². The molecule has 0 bridgehead atoms. The standard InChI is InChI=1S/C20H24O6/c21-17-16(13-24-11-14-7-3-1-4-8-14)26-20(23)19(18(17)22)25-12-15-9-5-2-6-10-15/h1-10,16-23H,11-13H2/t16-,17?,18+,19+,20+/m1/s1. The van der Waals surface area contributed by atoms with Crippen molar-refractivity contribution in [1.82, 2.24) is 0 Å². The quantitative estimate of drug-likeness (QED) is 0.688. The van der Waals surface area contributed by atoms with E-state index in [0.29, 0.717) is 6.61 Å². The van der Waals surface area contributed by atoms with Crippen LogP contribution < -0.4 is 0 Å². The first-order valence-electron chi connectivity index (χ1n) is 8.62. The summed E-state index contributed by atoms with van der Waals surface area (Å²) >= 11 is 0. The van der Waals surface area contributed by atoms with E-state index in [9.17, 15) is 15.3 Å². The molecule has 1 unspecified atom stereocenters. The van der Waals surface area contributed by atoms with Gasteiger partial charge in [-0.3, -0.25) is 0 Å². The van der Waals surface area contributed by atoms with E-state index in [1.807, 2.05) is 60.7 Å². The number of rotatable bonds is 7. The Kier molecular flexibility index (Phi) is 6.73. The van der Waals surface area contributed by atoms with E-state index < -0.39 is 30.7 Å². The maximum atomic E-state index is 10.3. The highest BCUT2D eigenvalue weighted by atomic mass is 16.7. The molecule has 6 heteroatoms. The minimum absolute atomic E-state index is 0.0512. The second-order valence-corrected chi connectivity index (χ2v) is 6.31. The molecule has 1 aliphatic heterocycles. The van der Waals surface area contributed by atoms with Crippen molar-refractivity contribution in [2.24, 2.45) is 0 Å². The first-order valence-corrected chi connectivity index (χ1v) is 8.62. The van der Waals surface area contributed by atoms with Crippen LogP contribution in [-0.2, 0) is 27.4 Å². The van der Waals surface area contributed by atoms with Gasteiger partial charge in [-0.1, -0.05) is 60.7 Å². The predicted molar refractivity (Wildman–Crippen MR) is 94.0 cm³/mol. The summed E-state index contributed by atoms with van der Waals surface area (Å²) in [6.07, 6.45) is -5.69. The van der Waals surface area contributed by atoms with Crippen LogP contribution >= 0.6 is 0 Å². The van der Waals surface area contributed by atoms with Gasteiger partial charge in [0, 0.05) is 0 Å². The summed E-state index contributed by atoms with van der Waals surface area (Å²) in [6, 6.07) is 19.0. The summed E-state index contributed by atoms with van der Waals surface area (Å²) < 4.78 is 16.5. The van der Waals surface area contributed by atoms with E-state index in [2.05, 4.69) is 0 Å². The van der Waals surface area contributed by atoms with Gasteiger partial charge in [0.15, 0.2) is 6.29 Å². The second kappa shape index (κ2) is 9.23. The normalized spacial score (nSPS) is 28.8. The number of hydrogen-bond donors (Lipinski definition) is 3. The zero-order valence-corrected chi connectivity index (χ0v) is 14.3. The van der Waals surface area contributed by atoms with Crippen LogP contribution in [0, 0.1) is 0 Å². The molecule has 1 aliphatic rings. The van der Waals surface area contributed by atoms with Crippen molar-refractivity contribution in [3.8, 4) is 0 Å². The van der Waals surface area contributed by atoms with Gasteiger partial charge in [0.05, 0.1) is 19.8 Å². The summed E-state index contributed by atoms with van der Waals surface area (Å²) in [5.41, 5.74) is 1.89. The maximum absolute atomic E-state index is 10.3. The molecule has 5 atom stereocenters. The van der Waals surface area contributed by atoms with E-state index in [0.717, 1.165) is 11.1 Å². The summed E-state index contributed by atoms with van der Waals surface area (Å²) in [7, 11) is 0. The Hall–Kier alpha value is -1.80. The third-order valence-electron chi connectivity index (χ3n) is 4.34. The third kappa shape index (κ3) is 4.88. The molecule has 2 aromatic carbocycles. The molecule has 0 radical (unpaired) electrons. The molecule has 1 fully saturated rings. The Morgan fingerprint density at radius 2 is 1.35 bits per heavy atom. The first-order chi connectivity index (χ1) is 12.6. The molecule has 1 heterocycles. The Morgan fingerprint density at radius 3 is 1.96 bits per heavy atom. The van der Waals surface area contributed by atoms with Crippen LogP contribution in [0.25, 0.3) is 0 Å². The van der Waals surface area contributed by atoms with E-state index in [4.69, 9.17) is 14.2 Å². The highest BCUT2D eigenvalue weighted by Crippen LogP contribution is 2.24. The van der Waals surface area contributed by atoms with Gasteiger partial charge >= 0.3 is 0 Å². The van der Waals surface area contributed by atoms with Crippen LogP contribution in [-0.4, -0.2) is 52.6 Å². The Morgan fingerprint density at radius 1 is 0.769 bits per heavy atom. The topological polar surface area (TPSA) is 88.4 Å². The summed E-state index contributed by atoms with van der Waals surface area (Å²) in [5.74, 6) is 0. The van der Waals surface area contributed by atoms with Gasteiger partial charge in [0.1, 0.15) is 24.4 Å². The lowest BCUT2D eigenvalue weighted by molar-refractivity contribution is -0.300. The van der Waals surface area contributed by atoms with Gasteiger partial charge in [-0.2, -0.15) is 0 Å². The molecule has 0 saturated carbocycles. The summed E-state index contributed by atoms with van der Waals surface area (Å²) in [6.45, 7) is 0.605. The number of aliphatic hydroxyl groups excluding tert-OH is 3. The molecule has 0 amide bonds. The average molecular weight is 360 g/mol. The Bertz CT molecular complexity index is 648. The Labute approximate surface area is 152 Å². The van der Waals surface area contributed by atoms with Crippen LogP contribution in [0.2, 0.25) is 0 Å². The number of aliphatic hydroxyl groups is 3. The van der Waals surface area contributed by atoms with Crippen LogP contribution in [0.3, 0.4) is 0 Å². The van der Waals surface area contributed by atoms with E-state index in [-0.39, 0.29) is 13.2 Å². The van der Waals surface area contributed by atoms with Gasteiger partial charge in [-0.05, 0) is 11.1 Å². The molecule has 26 heavy (non-hydrogen) atoms. The molecule has 0 spiro atoms.